The summed E-state index contributed by atoms with van der Waals surface area (Å²) in [5.41, 5.74) is 8.85. The summed E-state index contributed by atoms with van der Waals surface area (Å²) in [6, 6.07) is 0. The number of nitrogens with two attached hydrogens (primary N) is 1. The minimum absolute atomic E-state index is 0.231. The molecule has 2 aliphatic heterocycles. The van der Waals surface area contributed by atoms with Crippen LogP contribution in [0.3, 0.4) is 0 Å². The molecule has 0 saturated carbocycles. The molecule has 1 atom stereocenters. The quantitative estimate of drug-likeness (QED) is 0.687. The van der Waals surface area contributed by atoms with Crippen molar-refractivity contribution in [2.45, 2.75) is 12.3 Å². The second-order valence-corrected chi connectivity index (χ2v) is 6.70. The SMILES string of the molecule is Nc1ncc(-c2nc(N3CCOCC3)nc3n[nH]c(C4CCOC4)c23)cn1. The van der Waals surface area contributed by atoms with Crippen molar-refractivity contribution in [1.82, 2.24) is 30.1 Å². The molecule has 0 amide bonds. The average Bonchev–Trinajstić information content (AvgIpc) is 3.38. The predicted octanol–water partition coefficient (Wildman–Crippen LogP) is 0.733. The monoisotopic (exact) mass is 368 g/mol. The van der Waals surface area contributed by atoms with E-state index in [0.29, 0.717) is 31.4 Å². The molecule has 3 aromatic rings. The third kappa shape index (κ3) is 2.96. The van der Waals surface area contributed by atoms with Crippen molar-refractivity contribution in [2.75, 3.05) is 50.2 Å². The van der Waals surface area contributed by atoms with Crippen molar-refractivity contribution in [1.29, 1.82) is 0 Å². The molecule has 2 saturated heterocycles. The van der Waals surface area contributed by atoms with Crippen LogP contribution in [-0.4, -0.2) is 69.7 Å². The number of anilines is 2. The lowest BCUT2D eigenvalue weighted by Crippen LogP contribution is -2.37. The summed E-state index contributed by atoms with van der Waals surface area (Å²) >= 11 is 0. The van der Waals surface area contributed by atoms with Gasteiger partial charge in [0.25, 0.3) is 0 Å². The van der Waals surface area contributed by atoms with Crippen LogP contribution in [0.4, 0.5) is 11.9 Å². The van der Waals surface area contributed by atoms with Crippen molar-refractivity contribution in [2.24, 2.45) is 0 Å². The minimum Gasteiger partial charge on any atom is -0.381 e. The molecule has 3 N–H and O–H groups in total. The van der Waals surface area contributed by atoms with Crippen LogP contribution in [-0.2, 0) is 9.47 Å². The van der Waals surface area contributed by atoms with E-state index in [4.69, 9.17) is 25.2 Å². The number of ether oxygens (including phenoxy) is 2. The molecule has 27 heavy (non-hydrogen) atoms. The van der Waals surface area contributed by atoms with E-state index in [1.807, 2.05) is 0 Å². The Kier molecular flexibility index (Phi) is 4.06. The van der Waals surface area contributed by atoms with E-state index >= 15 is 0 Å². The maximum Gasteiger partial charge on any atom is 0.228 e. The van der Waals surface area contributed by atoms with E-state index in [1.54, 1.807) is 12.4 Å². The molecule has 2 fully saturated rings. The van der Waals surface area contributed by atoms with Gasteiger partial charge in [-0.15, -0.1) is 0 Å². The lowest BCUT2D eigenvalue weighted by atomic mass is 10.00. The Balaban J connectivity index is 1.68. The third-order valence-electron chi connectivity index (χ3n) is 5.01. The maximum absolute atomic E-state index is 5.66. The van der Waals surface area contributed by atoms with Crippen LogP contribution in [0.2, 0.25) is 0 Å². The molecular weight excluding hydrogens is 348 g/mol. The summed E-state index contributed by atoms with van der Waals surface area (Å²) in [6.07, 6.45) is 4.32. The number of aromatic nitrogens is 6. The standard InChI is InChI=1S/C17H20N8O2/c18-16-19-7-11(8-20-16)13-12-14(10-1-4-27-9-10)23-24-15(12)22-17(21-13)25-2-5-26-6-3-25/h7-8,10H,1-6,9H2,(H2,18,19,20)(H,21,22,23,24). The summed E-state index contributed by atoms with van der Waals surface area (Å²) in [7, 11) is 0. The number of rotatable bonds is 3. The smallest absolute Gasteiger partial charge is 0.228 e. The predicted molar refractivity (Wildman–Crippen MR) is 98.3 cm³/mol. The number of morpholine rings is 1. The van der Waals surface area contributed by atoms with E-state index < -0.39 is 0 Å². The molecular formula is C17H20N8O2. The highest BCUT2D eigenvalue weighted by Gasteiger charge is 2.27. The molecule has 2 aliphatic rings. The van der Waals surface area contributed by atoms with Crippen LogP contribution in [0.5, 0.6) is 0 Å². The largest absolute Gasteiger partial charge is 0.381 e. The molecule has 5 rings (SSSR count). The summed E-state index contributed by atoms with van der Waals surface area (Å²) in [5, 5.41) is 8.53. The van der Waals surface area contributed by atoms with Gasteiger partial charge in [-0.25, -0.2) is 15.0 Å². The van der Waals surface area contributed by atoms with E-state index in [2.05, 4.69) is 25.1 Å². The molecule has 5 heterocycles. The zero-order valence-corrected chi connectivity index (χ0v) is 14.8. The highest BCUT2D eigenvalue weighted by atomic mass is 16.5. The molecule has 1 unspecified atom stereocenters. The first-order chi connectivity index (χ1) is 13.3. The van der Waals surface area contributed by atoms with Crippen LogP contribution in [0.15, 0.2) is 12.4 Å². The Morgan fingerprint density at radius 1 is 1.07 bits per heavy atom. The second-order valence-electron chi connectivity index (χ2n) is 6.70. The lowest BCUT2D eigenvalue weighted by Gasteiger charge is -2.27. The van der Waals surface area contributed by atoms with E-state index in [0.717, 1.165) is 48.5 Å². The van der Waals surface area contributed by atoms with Gasteiger partial charge in [0.05, 0.1) is 36.6 Å². The van der Waals surface area contributed by atoms with Gasteiger partial charge in [-0.2, -0.15) is 10.1 Å². The van der Waals surface area contributed by atoms with Gasteiger partial charge in [0.15, 0.2) is 5.65 Å². The molecule has 0 spiro atoms. The number of fused-ring (bicyclic) bond motifs is 1. The summed E-state index contributed by atoms with van der Waals surface area (Å²) < 4.78 is 11.0. The van der Waals surface area contributed by atoms with Gasteiger partial charge >= 0.3 is 0 Å². The molecule has 0 aromatic carbocycles. The number of nitrogen functional groups attached to an aromatic ring is 1. The van der Waals surface area contributed by atoms with E-state index in [1.165, 1.54) is 0 Å². The van der Waals surface area contributed by atoms with E-state index in [-0.39, 0.29) is 11.9 Å². The first-order valence-corrected chi connectivity index (χ1v) is 9.04. The molecule has 3 aromatic heterocycles. The van der Waals surface area contributed by atoms with Gasteiger partial charge in [0.2, 0.25) is 11.9 Å². The van der Waals surface area contributed by atoms with Crippen molar-refractivity contribution >= 4 is 22.9 Å². The Labute approximate surface area is 155 Å². The first kappa shape index (κ1) is 16.3. The summed E-state index contributed by atoms with van der Waals surface area (Å²) in [5.74, 6) is 1.12. The Morgan fingerprint density at radius 2 is 1.89 bits per heavy atom. The Hall–Kier alpha value is -2.85. The summed E-state index contributed by atoms with van der Waals surface area (Å²) in [4.78, 5) is 19.9. The van der Waals surface area contributed by atoms with Crippen molar-refractivity contribution in [3.05, 3.63) is 18.1 Å². The number of aromatic amines is 1. The molecule has 0 aliphatic carbocycles. The maximum atomic E-state index is 5.66. The normalized spacial score (nSPS) is 20.4. The molecule has 0 radical (unpaired) electrons. The average molecular weight is 368 g/mol. The van der Waals surface area contributed by atoms with Crippen LogP contribution >= 0.6 is 0 Å². The second kappa shape index (κ2) is 6.71. The molecule has 10 heteroatoms. The number of hydrogen-bond acceptors (Lipinski definition) is 9. The van der Waals surface area contributed by atoms with Crippen LogP contribution in [0.25, 0.3) is 22.3 Å². The zero-order valence-electron chi connectivity index (χ0n) is 14.8. The van der Waals surface area contributed by atoms with Crippen molar-refractivity contribution in [3.8, 4) is 11.3 Å². The number of hydrogen-bond donors (Lipinski definition) is 2. The lowest BCUT2D eigenvalue weighted by molar-refractivity contribution is 0.122. The molecule has 0 bridgehead atoms. The van der Waals surface area contributed by atoms with Crippen LogP contribution < -0.4 is 10.6 Å². The number of H-pyrrole nitrogens is 1. The van der Waals surface area contributed by atoms with Crippen molar-refractivity contribution in [3.63, 3.8) is 0 Å². The van der Waals surface area contributed by atoms with Gasteiger partial charge in [0.1, 0.15) is 0 Å². The fourth-order valence-electron chi connectivity index (χ4n) is 3.57. The molecule has 10 nitrogen and oxygen atoms in total. The highest BCUT2D eigenvalue weighted by molar-refractivity contribution is 5.93. The zero-order chi connectivity index (χ0) is 18.2. The number of nitrogens with zero attached hydrogens (tertiary/aromatic N) is 6. The van der Waals surface area contributed by atoms with Gasteiger partial charge in [-0.3, -0.25) is 5.10 Å². The van der Waals surface area contributed by atoms with Gasteiger partial charge in [-0.1, -0.05) is 0 Å². The third-order valence-corrected chi connectivity index (χ3v) is 5.01. The fourth-order valence-corrected chi connectivity index (χ4v) is 3.57. The topological polar surface area (TPSA) is 128 Å². The van der Waals surface area contributed by atoms with Crippen LogP contribution in [0.1, 0.15) is 18.0 Å². The summed E-state index contributed by atoms with van der Waals surface area (Å²) in [6.45, 7) is 4.23. The van der Waals surface area contributed by atoms with E-state index in [9.17, 15) is 0 Å². The minimum atomic E-state index is 0.231. The van der Waals surface area contributed by atoms with Gasteiger partial charge in [0, 0.05) is 43.6 Å². The Morgan fingerprint density at radius 3 is 2.63 bits per heavy atom. The highest BCUT2D eigenvalue weighted by Crippen LogP contribution is 2.35. The number of nitrogens with one attached hydrogen (secondary N) is 1. The Bertz CT molecular complexity index is 945. The van der Waals surface area contributed by atoms with Gasteiger partial charge in [-0.05, 0) is 6.42 Å². The van der Waals surface area contributed by atoms with Crippen molar-refractivity contribution < 1.29 is 9.47 Å². The molecule has 140 valence electrons. The van der Waals surface area contributed by atoms with Gasteiger partial charge < -0.3 is 20.1 Å². The first-order valence-electron chi connectivity index (χ1n) is 9.04. The van der Waals surface area contributed by atoms with Crippen LogP contribution in [0, 0.1) is 0 Å². The fraction of sp³-hybridized carbons (Fsp3) is 0.471.